The Labute approximate surface area is 122 Å². The molecule has 0 N–H and O–H groups in total. The van der Waals surface area contributed by atoms with Gasteiger partial charge in [0.05, 0.1) is 0 Å². The number of carbonyl (C=O) groups is 1. The fraction of sp³-hybridized carbons (Fsp3) is 0.632. The summed E-state index contributed by atoms with van der Waals surface area (Å²) in [5.74, 6) is 0.903. The quantitative estimate of drug-likeness (QED) is 0.729. The molecule has 2 aliphatic carbocycles. The zero-order valence-corrected chi connectivity index (χ0v) is 13.3. The first-order chi connectivity index (χ1) is 9.38. The summed E-state index contributed by atoms with van der Waals surface area (Å²) >= 11 is 0. The maximum absolute atomic E-state index is 12.3. The number of rotatable bonds is 1. The van der Waals surface area contributed by atoms with Crippen LogP contribution in [0.15, 0.2) is 18.2 Å². The van der Waals surface area contributed by atoms with Crippen LogP contribution < -0.4 is 0 Å². The van der Waals surface area contributed by atoms with Gasteiger partial charge in [0.1, 0.15) is 5.78 Å². The first-order valence-corrected chi connectivity index (χ1v) is 7.99. The number of aryl methyl sites for hydroxylation is 2. The Hall–Kier alpha value is -1.11. The minimum Gasteiger partial charge on any atom is -0.299 e. The van der Waals surface area contributed by atoms with E-state index in [4.69, 9.17) is 0 Å². The molecule has 0 bridgehead atoms. The van der Waals surface area contributed by atoms with Crippen molar-refractivity contribution < 1.29 is 4.79 Å². The highest BCUT2D eigenvalue weighted by Gasteiger charge is 2.53. The Morgan fingerprint density at radius 2 is 2.00 bits per heavy atom. The lowest BCUT2D eigenvalue weighted by atomic mass is 9.49. The highest BCUT2D eigenvalue weighted by Crippen LogP contribution is 2.57. The number of ketones is 1. The predicted molar refractivity (Wildman–Crippen MR) is 83.0 cm³/mol. The fourth-order valence-corrected chi connectivity index (χ4v) is 5.00. The van der Waals surface area contributed by atoms with E-state index in [0.29, 0.717) is 11.7 Å². The molecule has 2 aliphatic rings. The SMILES string of the molecule is CC(=O)[C@@]1(C)CCC[C@]2(C)c3cc(C)ccc3CC[C@@H]12. The molecule has 0 spiro atoms. The van der Waals surface area contributed by atoms with Crippen LogP contribution in [0.25, 0.3) is 0 Å². The lowest BCUT2D eigenvalue weighted by Crippen LogP contribution is -2.51. The summed E-state index contributed by atoms with van der Waals surface area (Å²) in [6.07, 6.45) is 5.79. The Morgan fingerprint density at radius 1 is 1.25 bits per heavy atom. The summed E-state index contributed by atoms with van der Waals surface area (Å²) in [4.78, 5) is 12.3. The number of hydrogen-bond acceptors (Lipinski definition) is 1. The summed E-state index contributed by atoms with van der Waals surface area (Å²) in [5.41, 5.74) is 4.47. The van der Waals surface area contributed by atoms with Crippen molar-refractivity contribution in [3.8, 4) is 0 Å². The number of carbonyl (C=O) groups excluding carboxylic acids is 1. The molecule has 1 nitrogen and oxygen atoms in total. The van der Waals surface area contributed by atoms with Crippen molar-refractivity contribution in [1.29, 1.82) is 0 Å². The monoisotopic (exact) mass is 270 g/mol. The highest BCUT2D eigenvalue weighted by atomic mass is 16.1. The molecule has 1 heteroatoms. The minimum absolute atomic E-state index is 0.117. The predicted octanol–water partition coefficient (Wildman–Crippen LogP) is 4.59. The molecular formula is C19H26O. The number of fused-ring (bicyclic) bond motifs is 3. The van der Waals surface area contributed by atoms with Crippen molar-refractivity contribution >= 4 is 5.78 Å². The second kappa shape index (κ2) is 4.44. The molecular weight excluding hydrogens is 244 g/mol. The molecule has 1 aromatic rings. The van der Waals surface area contributed by atoms with Gasteiger partial charge < -0.3 is 0 Å². The first kappa shape index (κ1) is 13.9. The second-order valence-corrected chi connectivity index (χ2v) is 7.50. The van der Waals surface area contributed by atoms with Crippen LogP contribution in [-0.4, -0.2) is 5.78 Å². The van der Waals surface area contributed by atoms with Gasteiger partial charge in [0.2, 0.25) is 0 Å². The molecule has 1 saturated carbocycles. The van der Waals surface area contributed by atoms with Gasteiger partial charge in [-0.2, -0.15) is 0 Å². The zero-order chi connectivity index (χ0) is 14.5. The minimum atomic E-state index is -0.117. The van der Waals surface area contributed by atoms with Crippen LogP contribution in [-0.2, 0) is 16.6 Å². The Bertz CT molecular complexity index is 559. The lowest BCUT2D eigenvalue weighted by molar-refractivity contribution is -0.134. The van der Waals surface area contributed by atoms with Gasteiger partial charge in [-0.25, -0.2) is 0 Å². The van der Waals surface area contributed by atoms with Crippen molar-refractivity contribution in [3.05, 3.63) is 34.9 Å². The van der Waals surface area contributed by atoms with E-state index in [1.807, 2.05) is 0 Å². The zero-order valence-electron chi connectivity index (χ0n) is 13.3. The highest BCUT2D eigenvalue weighted by molar-refractivity contribution is 5.82. The standard InChI is InChI=1S/C19H26O/c1-13-6-7-15-8-9-17-18(3,14(2)20)10-5-11-19(17,4)16(15)12-13/h6-7,12,17H,5,8-11H2,1-4H3/t17-,18+,19+/m0/s1. The molecule has 0 aromatic heterocycles. The third kappa shape index (κ3) is 1.78. The molecule has 0 unspecified atom stereocenters. The average molecular weight is 270 g/mol. The Balaban J connectivity index is 2.13. The number of Topliss-reactive ketones (excluding diaryl/α,β-unsaturated/α-hetero) is 1. The van der Waals surface area contributed by atoms with Crippen LogP contribution in [0.5, 0.6) is 0 Å². The maximum Gasteiger partial charge on any atom is 0.135 e. The molecule has 0 saturated heterocycles. The van der Waals surface area contributed by atoms with E-state index < -0.39 is 0 Å². The molecule has 0 aliphatic heterocycles. The van der Waals surface area contributed by atoms with Crippen LogP contribution >= 0.6 is 0 Å². The molecule has 0 amide bonds. The van der Waals surface area contributed by atoms with E-state index in [9.17, 15) is 4.79 Å². The van der Waals surface area contributed by atoms with Crippen molar-refractivity contribution in [2.45, 2.75) is 65.2 Å². The topological polar surface area (TPSA) is 17.1 Å². The van der Waals surface area contributed by atoms with Gasteiger partial charge in [0.25, 0.3) is 0 Å². The summed E-state index contributed by atoms with van der Waals surface area (Å²) in [6, 6.07) is 6.93. The summed E-state index contributed by atoms with van der Waals surface area (Å²) in [5, 5.41) is 0. The van der Waals surface area contributed by atoms with Gasteiger partial charge in [0.15, 0.2) is 0 Å². The summed E-state index contributed by atoms with van der Waals surface area (Å²) in [7, 11) is 0. The van der Waals surface area contributed by atoms with E-state index in [1.54, 1.807) is 6.92 Å². The van der Waals surface area contributed by atoms with E-state index in [2.05, 4.69) is 39.0 Å². The largest absolute Gasteiger partial charge is 0.299 e. The van der Waals surface area contributed by atoms with Crippen LogP contribution in [0.2, 0.25) is 0 Å². The second-order valence-electron chi connectivity index (χ2n) is 7.50. The third-order valence-corrected chi connectivity index (χ3v) is 6.32. The van der Waals surface area contributed by atoms with E-state index >= 15 is 0 Å². The van der Waals surface area contributed by atoms with Gasteiger partial charge in [-0.3, -0.25) is 4.79 Å². The molecule has 1 aromatic carbocycles. The van der Waals surface area contributed by atoms with Crippen molar-refractivity contribution in [2.75, 3.05) is 0 Å². The van der Waals surface area contributed by atoms with Gasteiger partial charge in [-0.15, -0.1) is 0 Å². The summed E-state index contributed by atoms with van der Waals surface area (Å²) < 4.78 is 0. The van der Waals surface area contributed by atoms with Crippen molar-refractivity contribution in [1.82, 2.24) is 0 Å². The molecule has 20 heavy (non-hydrogen) atoms. The number of hydrogen-bond donors (Lipinski definition) is 0. The van der Waals surface area contributed by atoms with Crippen LogP contribution in [0.3, 0.4) is 0 Å². The first-order valence-electron chi connectivity index (χ1n) is 7.99. The molecule has 1 fully saturated rings. The number of benzene rings is 1. The van der Waals surface area contributed by atoms with Gasteiger partial charge >= 0.3 is 0 Å². The molecule has 3 atom stereocenters. The fourth-order valence-electron chi connectivity index (χ4n) is 5.00. The van der Waals surface area contributed by atoms with Gasteiger partial charge in [-0.05, 0) is 62.0 Å². The molecule has 3 rings (SSSR count). The van der Waals surface area contributed by atoms with Crippen LogP contribution in [0.4, 0.5) is 0 Å². The van der Waals surface area contributed by atoms with Crippen LogP contribution in [0, 0.1) is 18.3 Å². The van der Waals surface area contributed by atoms with E-state index in [0.717, 1.165) is 12.8 Å². The smallest absolute Gasteiger partial charge is 0.135 e. The Morgan fingerprint density at radius 3 is 2.70 bits per heavy atom. The Kier molecular flexibility index (Phi) is 3.08. The van der Waals surface area contributed by atoms with Crippen molar-refractivity contribution in [3.63, 3.8) is 0 Å². The maximum atomic E-state index is 12.3. The van der Waals surface area contributed by atoms with Gasteiger partial charge in [0, 0.05) is 5.41 Å². The summed E-state index contributed by atoms with van der Waals surface area (Å²) in [6.45, 7) is 8.62. The van der Waals surface area contributed by atoms with Crippen LogP contribution in [0.1, 0.15) is 63.1 Å². The van der Waals surface area contributed by atoms with E-state index in [1.165, 1.54) is 36.0 Å². The molecule has 0 heterocycles. The molecule has 108 valence electrons. The third-order valence-electron chi connectivity index (χ3n) is 6.32. The molecule has 0 radical (unpaired) electrons. The van der Waals surface area contributed by atoms with Crippen molar-refractivity contribution in [2.24, 2.45) is 11.3 Å². The normalized spacial score (nSPS) is 36.1. The lowest BCUT2D eigenvalue weighted by Gasteiger charge is -2.54. The van der Waals surface area contributed by atoms with E-state index in [-0.39, 0.29) is 10.8 Å². The average Bonchev–Trinajstić information content (AvgIpc) is 2.39. The van der Waals surface area contributed by atoms with Gasteiger partial charge in [-0.1, -0.05) is 44.0 Å².